The molecule has 0 fully saturated rings. The summed E-state index contributed by atoms with van der Waals surface area (Å²) in [5.74, 6) is 0.793. The molecule has 30 heavy (non-hydrogen) atoms. The Morgan fingerprint density at radius 2 is 2.17 bits per heavy atom. The number of methoxy groups -OCH3 is 1. The maximum absolute atomic E-state index is 12.0. The first-order valence-electron chi connectivity index (χ1n) is 8.98. The Morgan fingerprint density at radius 1 is 1.37 bits per heavy atom. The Morgan fingerprint density at radius 3 is 2.80 bits per heavy atom. The van der Waals surface area contributed by atoms with Crippen LogP contribution in [0, 0.1) is 20.8 Å². The Hall–Kier alpha value is -2.24. The Bertz CT molecular complexity index is 1080. The number of thioether (sulfide) groups is 1. The van der Waals surface area contributed by atoms with E-state index in [9.17, 15) is 4.79 Å². The van der Waals surface area contributed by atoms with Gasteiger partial charge in [-0.3, -0.25) is 9.48 Å². The minimum absolute atomic E-state index is 0.203. The summed E-state index contributed by atoms with van der Waals surface area (Å²) >= 11 is 6.35. The smallest absolute Gasteiger partial charge is 0.250 e. The summed E-state index contributed by atoms with van der Waals surface area (Å²) in [7, 11) is 1.64. The second-order valence-corrected chi connectivity index (χ2v) is 9.58. The van der Waals surface area contributed by atoms with Crippen LogP contribution in [0.15, 0.2) is 32.1 Å². The molecular formula is C19H21BrN6O2S2. The van der Waals surface area contributed by atoms with Gasteiger partial charge < -0.3 is 4.74 Å². The number of aromatic nitrogens is 4. The third kappa shape index (κ3) is 5.67. The number of hydrazone groups is 1. The van der Waals surface area contributed by atoms with Crippen LogP contribution in [0.4, 0.5) is 0 Å². The number of nitrogens with one attached hydrogen (secondary N) is 1. The van der Waals surface area contributed by atoms with Crippen molar-refractivity contribution in [3.8, 4) is 5.75 Å². The van der Waals surface area contributed by atoms with Crippen LogP contribution in [-0.2, 0) is 11.3 Å². The molecule has 2 heterocycles. The minimum Gasteiger partial charge on any atom is -0.496 e. The summed E-state index contributed by atoms with van der Waals surface area (Å²) in [4.78, 5) is 12.0. The molecule has 1 N–H and O–H groups in total. The summed E-state index contributed by atoms with van der Waals surface area (Å²) < 4.78 is 9.18. The van der Waals surface area contributed by atoms with Gasteiger partial charge in [0.1, 0.15) is 10.8 Å². The minimum atomic E-state index is -0.203. The highest BCUT2D eigenvalue weighted by Crippen LogP contribution is 2.25. The van der Waals surface area contributed by atoms with E-state index in [1.807, 2.05) is 43.7 Å². The first kappa shape index (κ1) is 22.4. The van der Waals surface area contributed by atoms with E-state index in [-0.39, 0.29) is 11.7 Å². The van der Waals surface area contributed by atoms with Gasteiger partial charge in [0.25, 0.3) is 5.91 Å². The number of carbonyl (C=O) groups excluding carboxylic acids is 1. The molecule has 11 heteroatoms. The number of hydrogen-bond donors (Lipinski definition) is 1. The fourth-order valence-electron chi connectivity index (χ4n) is 2.67. The predicted molar refractivity (Wildman–Crippen MR) is 123 cm³/mol. The zero-order chi connectivity index (χ0) is 21.7. The Labute approximate surface area is 191 Å². The van der Waals surface area contributed by atoms with Gasteiger partial charge in [-0.25, -0.2) is 5.43 Å². The molecule has 158 valence electrons. The third-order valence-corrected chi connectivity index (χ3v) is 7.27. The van der Waals surface area contributed by atoms with E-state index in [2.05, 4.69) is 41.8 Å². The number of halogens is 1. The van der Waals surface area contributed by atoms with Gasteiger partial charge in [0, 0.05) is 5.56 Å². The highest BCUT2D eigenvalue weighted by Gasteiger charge is 2.12. The van der Waals surface area contributed by atoms with Gasteiger partial charge in [0.15, 0.2) is 4.34 Å². The SMILES string of the molecule is COc1ccc(/C=N\NC(=O)CSc2nnc(C)s2)cc1Cn1nc(C)c(Br)c1C. The number of nitrogens with zero attached hydrogens (tertiary/aromatic N) is 5. The van der Waals surface area contributed by atoms with Crippen LogP contribution in [0.1, 0.15) is 27.5 Å². The van der Waals surface area contributed by atoms with Gasteiger partial charge in [-0.2, -0.15) is 10.2 Å². The van der Waals surface area contributed by atoms with Crippen molar-refractivity contribution >= 4 is 51.2 Å². The third-order valence-electron chi connectivity index (χ3n) is 4.15. The quantitative estimate of drug-likeness (QED) is 0.283. The fourth-order valence-corrected chi connectivity index (χ4v) is 4.56. The molecule has 0 radical (unpaired) electrons. The van der Waals surface area contributed by atoms with Crippen LogP contribution in [-0.4, -0.2) is 45.0 Å². The zero-order valence-corrected chi connectivity index (χ0v) is 20.2. The second-order valence-electron chi connectivity index (χ2n) is 6.38. The summed E-state index contributed by atoms with van der Waals surface area (Å²) in [6.07, 6.45) is 1.61. The molecule has 0 saturated carbocycles. The summed E-state index contributed by atoms with van der Waals surface area (Å²) in [5, 5.41) is 17.4. The topological polar surface area (TPSA) is 94.3 Å². The molecule has 0 spiro atoms. The average molecular weight is 509 g/mol. The normalized spacial score (nSPS) is 11.2. The lowest BCUT2D eigenvalue weighted by Crippen LogP contribution is -2.19. The molecule has 8 nitrogen and oxygen atoms in total. The summed E-state index contributed by atoms with van der Waals surface area (Å²) in [5.41, 5.74) is 6.33. The van der Waals surface area contributed by atoms with Crippen molar-refractivity contribution in [1.82, 2.24) is 25.4 Å². The lowest BCUT2D eigenvalue weighted by Gasteiger charge is -2.11. The number of rotatable bonds is 8. The Balaban J connectivity index is 1.63. The molecule has 0 aliphatic carbocycles. The van der Waals surface area contributed by atoms with Crippen molar-refractivity contribution in [2.24, 2.45) is 5.10 Å². The molecule has 1 aromatic carbocycles. The van der Waals surface area contributed by atoms with Crippen molar-refractivity contribution in [2.45, 2.75) is 31.7 Å². The monoisotopic (exact) mass is 508 g/mol. The molecule has 2 aromatic heterocycles. The van der Waals surface area contributed by atoms with Crippen LogP contribution in [0.25, 0.3) is 0 Å². The molecule has 0 bridgehead atoms. The highest BCUT2D eigenvalue weighted by molar-refractivity contribution is 9.10. The largest absolute Gasteiger partial charge is 0.496 e. The van der Waals surface area contributed by atoms with Crippen LogP contribution in [0.2, 0.25) is 0 Å². The molecule has 0 saturated heterocycles. The maximum atomic E-state index is 12.0. The van der Waals surface area contributed by atoms with E-state index < -0.39 is 0 Å². The van der Waals surface area contributed by atoms with E-state index in [0.717, 1.165) is 42.1 Å². The van der Waals surface area contributed by atoms with Gasteiger partial charge in [0.05, 0.1) is 41.5 Å². The first-order chi connectivity index (χ1) is 14.4. The van der Waals surface area contributed by atoms with Crippen LogP contribution >= 0.6 is 39.0 Å². The number of aryl methyl sites for hydroxylation is 2. The van der Waals surface area contributed by atoms with Crippen molar-refractivity contribution in [2.75, 3.05) is 12.9 Å². The van der Waals surface area contributed by atoms with E-state index in [1.165, 1.54) is 23.1 Å². The maximum Gasteiger partial charge on any atom is 0.250 e. The van der Waals surface area contributed by atoms with Gasteiger partial charge in [-0.05, 0) is 60.5 Å². The number of amides is 1. The molecule has 3 aromatic rings. The van der Waals surface area contributed by atoms with Gasteiger partial charge in [-0.1, -0.05) is 23.1 Å². The van der Waals surface area contributed by atoms with Gasteiger partial charge in [0.2, 0.25) is 0 Å². The average Bonchev–Trinajstić information content (AvgIpc) is 3.25. The summed E-state index contributed by atoms with van der Waals surface area (Å²) in [6, 6.07) is 5.73. The second kappa shape index (κ2) is 10.2. The van der Waals surface area contributed by atoms with E-state index in [0.29, 0.717) is 6.54 Å². The lowest BCUT2D eigenvalue weighted by molar-refractivity contribution is -0.118. The van der Waals surface area contributed by atoms with E-state index in [4.69, 9.17) is 4.74 Å². The molecule has 0 aliphatic rings. The number of carbonyl (C=O) groups is 1. The molecule has 0 unspecified atom stereocenters. The van der Waals surface area contributed by atoms with Crippen molar-refractivity contribution < 1.29 is 9.53 Å². The number of hydrogen-bond acceptors (Lipinski definition) is 8. The molecule has 3 rings (SSSR count). The standard InChI is InChI=1S/C19H21BrN6O2S2/c1-11-18(20)12(2)26(25-11)9-15-7-14(5-6-16(15)28-4)8-21-23-17(27)10-29-19-24-22-13(3)30-19/h5-8H,9-10H2,1-4H3,(H,23,27)/b21-8-. The van der Waals surface area contributed by atoms with Crippen molar-refractivity contribution in [3.63, 3.8) is 0 Å². The first-order valence-corrected chi connectivity index (χ1v) is 11.6. The Kier molecular flexibility index (Phi) is 7.62. The fraction of sp³-hybridized carbons (Fsp3) is 0.316. The van der Waals surface area contributed by atoms with Gasteiger partial charge in [-0.15, -0.1) is 10.2 Å². The van der Waals surface area contributed by atoms with Crippen LogP contribution in [0.5, 0.6) is 5.75 Å². The van der Waals surface area contributed by atoms with Crippen molar-refractivity contribution in [3.05, 3.63) is 50.2 Å². The lowest BCUT2D eigenvalue weighted by atomic mass is 10.1. The van der Waals surface area contributed by atoms with Crippen LogP contribution < -0.4 is 10.2 Å². The molecule has 0 atom stereocenters. The number of benzene rings is 1. The van der Waals surface area contributed by atoms with E-state index >= 15 is 0 Å². The number of ether oxygens (including phenoxy) is 1. The van der Waals surface area contributed by atoms with Gasteiger partial charge >= 0.3 is 0 Å². The van der Waals surface area contributed by atoms with Crippen LogP contribution in [0.3, 0.4) is 0 Å². The predicted octanol–water partition coefficient (Wildman–Crippen LogP) is 3.72. The summed E-state index contributed by atoms with van der Waals surface area (Å²) in [6.45, 7) is 6.41. The highest BCUT2D eigenvalue weighted by atomic mass is 79.9. The zero-order valence-electron chi connectivity index (χ0n) is 17.0. The molecule has 1 amide bonds. The van der Waals surface area contributed by atoms with E-state index in [1.54, 1.807) is 13.3 Å². The van der Waals surface area contributed by atoms with Crippen molar-refractivity contribution in [1.29, 1.82) is 0 Å². The molecule has 0 aliphatic heterocycles. The molecular weight excluding hydrogens is 488 g/mol.